The normalized spacial score (nSPS) is 10.2. The molecule has 0 radical (unpaired) electrons. The molecular formula is C16H22. The fourth-order valence-electron chi connectivity index (χ4n) is 0.994. The van der Waals surface area contributed by atoms with Crippen molar-refractivity contribution in [2.45, 2.75) is 27.7 Å². The molecule has 0 heterocycles. The molecule has 1 aromatic carbocycles. The molecule has 0 heteroatoms. The van der Waals surface area contributed by atoms with Crippen LogP contribution in [0.15, 0.2) is 60.7 Å². The third-order valence-corrected chi connectivity index (χ3v) is 2.11. The number of allylic oxidation sites excluding steroid dienone is 5. The third kappa shape index (κ3) is 7.81. The number of aryl methyl sites for hydroxylation is 2. The van der Waals surface area contributed by atoms with Gasteiger partial charge in [0.05, 0.1) is 0 Å². The van der Waals surface area contributed by atoms with Gasteiger partial charge in [0.15, 0.2) is 0 Å². The van der Waals surface area contributed by atoms with E-state index >= 15 is 0 Å². The Morgan fingerprint density at radius 1 is 1.06 bits per heavy atom. The predicted molar refractivity (Wildman–Crippen MR) is 74.7 cm³/mol. The van der Waals surface area contributed by atoms with Crippen LogP contribution in [0.25, 0.3) is 0 Å². The Bertz CT molecular complexity index is 346. The second-order valence-electron chi connectivity index (χ2n) is 3.82. The summed E-state index contributed by atoms with van der Waals surface area (Å²) in [7, 11) is 0. The molecule has 0 saturated heterocycles. The average molecular weight is 214 g/mol. The molecular weight excluding hydrogens is 192 g/mol. The Morgan fingerprint density at radius 3 is 1.88 bits per heavy atom. The van der Waals surface area contributed by atoms with E-state index in [9.17, 15) is 0 Å². The summed E-state index contributed by atoms with van der Waals surface area (Å²) in [6.45, 7) is 11.9. The van der Waals surface area contributed by atoms with Crippen molar-refractivity contribution in [1.82, 2.24) is 0 Å². The first-order chi connectivity index (χ1) is 7.57. The van der Waals surface area contributed by atoms with Crippen molar-refractivity contribution in [3.63, 3.8) is 0 Å². The van der Waals surface area contributed by atoms with Crippen molar-refractivity contribution in [2.24, 2.45) is 0 Å². The molecule has 0 unspecified atom stereocenters. The van der Waals surface area contributed by atoms with E-state index in [4.69, 9.17) is 0 Å². The zero-order chi connectivity index (χ0) is 12.4. The number of rotatable bonds is 2. The quantitative estimate of drug-likeness (QED) is 0.608. The van der Waals surface area contributed by atoms with Crippen molar-refractivity contribution < 1.29 is 0 Å². The molecule has 1 rings (SSSR count). The van der Waals surface area contributed by atoms with Gasteiger partial charge in [0.1, 0.15) is 0 Å². The molecule has 16 heavy (non-hydrogen) atoms. The summed E-state index contributed by atoms with van der Waals surface area (Å²) in [4.78, 5) is 0. The van der Waals surface area contributed by atoms with Crippen LogP contribution in [0, 0.1) is 13.8 Å². The largest absolute Gasteiger partial charge is 0.0961 e. The lowest BCUT2D eigenvalue weighted by Crippen LogP contribution is -1.74. The minimum Gasteiger partial charge on any atom is -0.0961 e. The van der Waals surface area contributed by atoms with E-state index in [-0.39, 0.29) is 0 Å². The second kappa shape index (κ2) is 8.72. The fourth-order valence-corrected chi connectivity index (χ4v) is 0.994. The summed E-state index contributed by atoms with van der Waals surface area (Å²) < 4.78 is 0. The first-order valence-electron chi connectivity index (χ1n) is 5.55. The highest BCUT2D eigenvalue weighted by atomic mass is 13.9. The Labute approximate surface area is 100 Å². The van der Waals surface area contributed by atoms with Gasteiger partial charge in [-0.25, -0.2) is 0 Å². The summed E-state index contributed by atoms with van der Waals surface area (Å²) in [6.07, 6.45) is 7.91. The van der Waals surface area contributed by atoms with Crippen LogP contribution in [0.4, 0.5) is 0 Å². The number of benzene rings is 1. The topological polar surface area (TPSA) is 0 Å². The van der Waals surface area contributed by atoms with Crippen molar-refractivity contribution in [2.75, 3.05) is 0 Å². The monoisotopic (exact) mass is 214 g/mol. The molecule has 1 aromatic rings. The zero-order valence-corrected chi connectivity index (χ0v) is 10.8. The number of hydrogen-bond donors (Lipinski definition) is 0. The summed E-state index contributed by atoms with van der Waals surface area (Å²) in [5.41, 5.74) is 3.82. The van der Waals surface area contributed by atoms with E-state index in [0.717, 1.165) is 5.57 Å². The van der Waals surface area contributed by atoms with Crippen molar-refractivity contribution in [3.05, 3.63) is 71.8 Å². The molecule has 0 aliphatic heterocycles. The summed E-state index contributed by atoms with van der Waals surface area (Å²) in [6, 6.07) is 8.36. The van der Waals surface area contributed by atoms with Gasteiger partial charge in [0, 0.05) is 0 Å². The lowest BCUT2D eigenvalue weighted by molar-refractivity contribution is 1.34. The third-order valence-electron chi connectivity index (χ3n) is 2.11. The first-order valence-corrected chi connectivity index (χ1v) is 5.55. The Kier molecular flexibility index (Phi) is 7.87. The van der Waals surface area contributed by atoms with E-state index in [0.29, 0.717) is 0 Å². The van der Waals surface area contributed by atoms with E-state index in [1.807, 2.05) is 38.2 Å². The molecule has 0 N–H and O–H groups in total. The van der Waals surface area contributed by atoms with Crippen LogP contribution in [-0.2, 0) is 0 Å². The Morgan fingerprint density at radius 2 is 1.56 bits per heavy atom. The molecule has 0 saturated carbocycles. The van der Waals surface area contributed by atoms with Crippen molar-refractivity contribution in [1.29, 1.82) is 0 Å². The molecule has 0 nitrogen and oxygen atoms in total. The van der Waals surface area contributed by atoms with E-state index in [2.05, 4.69) is 44.7 Å². The lowest BCUT2D eigenvalue weighted by Gasteiger charge is -1.93. The minimum atomic E-state index is 1.09. The van der Waals surface area contributed by atoms with Crippen LogP contribution >= 0.6 is 0 Å². The SMILES string of the molecule is C=C(C)/C=C\C=C/C.Cc1ccccc1C. The molecule has 0 bridgehead atoms. The summed E-state index contributed by atoms with van der Waals surface area (Å²) in [5, 5.41) is 0. The lowest BCUT2D eigenvalue weighted by atomic mass is 10.1. The van der Waals surface area contributed by atoms with E-state index in [1.165, 1.54) is 11.1 Å². The van der Waals surface area contributed by atoms with Gasteiger partial charge in [-0.1, -0.05) is 60.7 Å². The van der Waals surface area contributed by atoms with Gasteiger partial charge in [-0.05, 0) is 38.8 Å². The van der Waals surface area contributed by atoms with Crippen LogP contribution in [0.3, 0.4) is 0 Å². The van der Waals surface area contributed by atoms with Gasteiger partial charge < -0.3 is 0 Å². The van der Waals surface area contributed by atoms with Crippen LogP contribution < -0.4 is 0 Å². The number of hydrogen-bond acceptors (Lipinski definition) is 0. The maximum atomic E-state index is 3.71. The summed E-state index contributed by atoms with van der Waals surface area (Å²) in [5.74, 6) is 0. The second-order valence-corrected chi connectivity index (χ2v) is 3.82. The fraction of sp³-hybridized carbons (Fsp3) is 0.250. The van der Waals surface area contributed by atoms with Crippen molar-refractivity contribution in [3.8, 4) is 0 Å². The highest BCUT2D eigenvalue weighted by Gasteiger charge is 1.83. The van der Waals surface area contributed by atoms with E-state index < -0.39 is 0 Å². The zero-order valence-electron chi connectivity index (χ0n) is 10.8. The molecule has 0 amide bonds. The van der Waals surface area contributed by atoms with Crippen LogP contribution in [-0.4, -0.2) is 0 Å². The maximum absolute atomic E-state index is 3.71. The van der Waals surface area contributed by atoms with Crippen LogP contribution in [0.2, 0.25) is 0 Å². The van der Waals surface area contributed by atoms with Gasteiger partial charge in [-0.15, -0.1) is 0 Å². The van der Waals surface area contributed by atoms with Gasteiger partial charge in [0.2, 0.25) is 0 Å². The Hall–Kier alpha value is -1.56. The van der Waals surface area contributed by atoms with Gasteiger partial charge >= 0.3 is 0 Å². The predicted octanol–water partition coefficient (Wildman–Crippen LogP) is 5.00. The molecule has 0 spiro atoms. The Balaban J connectivity index is 0.000000281. The smallest absolute Gasteiger partial charge is 0.0395 e. The van der Waals surface area contributed by atoms with Crippen LogP contribution in [0.1, 0.15) is 25.0 Å². The average Bonchev–Trinajstić information content (AvgIpc) is 2.23. The maximum Gasteiger partial charge on any atom is -0.0395 e. The van der Waals surface area contributed by atoms with Crippen LogP contribution in [0.5, 0.6) is 0 Å². The van der Waals surface area contributed by atoms with Gasteiger partial charge in [-0.2, -0.15) is 0 Å². The van der Waals surface area contributed by atoms with Gasteiger partial charge in [0.25, 0.3) is 0 Å². The minimum absolute atomic E-state index is 1.09. The highest BCUT2D eigenvalue weighted by Crippen LogP contribution is 2.02. The molecule has 0 aliphatic carbocycles. The first kappa shape index (κ1) is 14.4. The van der Waals surface area contributed by atoms with Gasteiger partial charge in [-0.3, -0.25) is 0 Å². The molecule has 0 atom stereocenters. The highest BCUT2D eigenvalue weighted by molar-refractivity contribution is 5.23. The molecule has 0 fully saturated rings. The standard InChI is InChI=1S/C8H10.C8H12/c1-7-5-3-4-6-8(7)2;1-4-5-6-7-8(2)3/h3-6H,1-2H3;4-7H,2H2,1,3H3/b;5-4-,7-6-. The van der Waals surface area contributed by atoms with Crippen molar-refractivity contribution >= 4 is 0 Å². The van der Waals surface area contributed by atoms with E-state index in [1.54, 1.807) is 0 Å². The molecule has 0 aliphatic rings. The molecule has 0 aromatic heterocycles. The molecule has 86 valence electrons. The summed E-state index contributed by atoms with van der Waals surface area (Å²) >= 11 is 0.